The van der Waals surface area contributed by atoms with E-state index in [1.807, 2.05) is 52.0 Å². The van der Waals surface area contributed by atoms with Crippen molar-refractivity contribution in [2.75, 3.05) is 13.7 Å². The summed E-state index contributed by atoms with van der Waals surface area (Å²) in [4.78, 5) is 12.1. The van der Waals surface area contributed by atoms with Gasteiger partial charge in [0.05, 0.1) is 31.3 Å². The SMILES string of the molecule is CCOC(=O)CC(B1OC(C)(C)C(C)(C)O1)c1ccccc1OC. The Morgan fingerprint density at radius 1 is 1.17 bits per heavy atom. The summed E-state index contributed by atoms with van der Waals surface area (Å²) < 4.78 is 23.0. The van der Waals surface area contributed by atoms with E-state index in [9.17, 15) is 4.79 Å². The summed E-state index contributed by atoms with van der Waals surface area (Å²) in [6, 6.07) is 7.63. The van der Waals surface area contributed by atoms with Crippen molar-refractivity contribution in [2.45, 2.75) is 58.1 Å². The molecule has 1 unspecified atom stereocenters. The van der Waals surface area contributed by atoms with Crippen LogP contribution < -0.4 is 4.74 Å². The topological polar surface area (TPSA) is 54.0 Å². The molecule has 1 aliphatic rings. The van der Waals surface area contributed by atoms with Crippen LogP contribution in [0.25, 0.3) is 0 Å². The van der Waals surface area contributed by atoms with Crippen LogP contribution in [0, 0.1) is 0 Å². The van der Waals surface area contributed by atoms with Gasteiger partial charge in [-0.05, 0) is 46.2 Å². The lowest BCUT2D eigenvalue weighted by Gasteiger charge is -2.32. The summed E-state index contributed by atoms with van der Waals surface area (Å²) in [5.41, 5.74) is -0.0503. The van der Waals surface area contributed by atoms with Gasteiger partial charge < -0.3 is 18.8 Å². The van der Waals surface area contributed by atoms with Gasteiger partial charge in [0, 0.05) is 5.82 Å². The van der Waals surface area contributed by atoms with E-state index in [-0.39, 0.29) is 18.2 Å². The molecular formula is C18H27BO5. The number of benzene rings is 1. The first-order valence-corrected chi connectivity index (χ1v) is 8.36. The van der Waals surface area contributed by atoms with Crippen molar-refractivity contribution in [3.63, 3.8) is 0 Å². The van der Waals surface area contributed by atoms with Crippen LogP contribution >= 0.6 is 0 Å². The first-order valence-electron chi connectivity index (χ1n) is 8.36. The zero-order valence-corrected chi connectivity index (χ0v) is 15.4. The molecule has 6 heteroatoms. The summed E-state index contributed by atoms with van der Waals surface area (Å²) in [5.74, 6) is 0.130. The smallest absolute Gasteiger partial charge is 0.466 e. The second-order valence-corrected chi connectivity index (χ2v) is 6.98. The van der Waals surface area contributed by atoms with Crippen LogP contribution in [0.3, 0.4) is 0 Å². The molecule has 0 aromatic heterocycles. The Labute approximate surface area is 144 Å². The maximum Gasteiger partial charge on any atom is 0.466 e. The van der Waals surface area contributed by atoms with Gasteiger partial charge in [-0.1, -0.05) is 18.2 Å². The molecule has 1 aromatic carbocycles. The molecule has 0 saturated carbocycles. The van der Waals surface area contributed by atoms with Crippen LogP contribution in [0.1, 0.15) is 52.4 Å². The minimum absolute atomic E-state index is 0.172. The normalized spacial score (nSPS) is 19.8. The lowest BCUT2D eigenvalue weighted by molar-refractivity contribution is -0.143. The number of carbonyl (C=O) groups is 1. The molecule has 0 N–H and O–H groups in total. The molecule has 0 bridgehead atoms. The number of para-hydroxylation sites is 1. The molecule has 1 aromatic rings. The Morgan fingerprint density at radius 2 is 1.75 bits per heavy atom. The number of hydrogen-bond donors (Lipinski definition) is 0. The highest BCUT2D eigenvalue weighted by Gasteiger charge is 2.54. The highest BCUT2D eigenvalue weighted by atomic mass is 16.7. The zero-order chi connectivity index (χ0) is 18.0. The maximum absolute atomic E-state index is 12.1. The number of hydrogen-bond acceptors (Lipinski definition) is 5. The number of methoxy groups -OCH3 is 1. The standard InChI is InChI=1S/C18H27BO5/c1-7-22-16(20)12-14(13-10-8-9-11-15(13)21-6)19-23-17(2,3)18(4,5)24-19/h8-11,14H,7,12H2,1-6H3. The molecule has 2 rings (SSSR count). The Balaban J connectivity index is 2.36. The molecule has 0 aliphatic carbocycles. The molecule has 1 heterocycles. The van der Waals surface area contributed by atoms with E-state index in [1.165, 1.54) is 0 Å². The zero-order valence-electron chi connectivity index (χ0n) is 15.4. The molecule has 1 fully saturated rings. The fraction of sp³-hybridized carbons (Fsp3) is 0.611. The van der Waals surface area contributed by atoms with Gasteiger partial charge in [0.1, 0.15) is 5.75 Å². The predicted octanol–water partition coefficient (Wildman–Crippen LogP) is 3.36. The van der Waals surface area contributed by atoms with E-state index in [0.717, 1.165) is 5.56 Å². The monoisotopic (exact) mass is 334 g/mol. The minimum Gasteiger partial charge on any atom is -0.496 e. The quantitative estimate of drug-likeness (QED) is 0.590. The Hall–Kier alpha value is -1.53. The fourth-order valence-corrected chi connectivity index (χ4v) is 2.78. The summed E-state index contributed by atoms with van der Waals surface area (Å²) in [5, 5.41) is 0. The van der Waals surface area contributed by atoms with Gasteiger partial charge in [0.25, 0.3) is 0 Å². The van der Waals surface area contributed by atoms with Crippen LogP contribution in [0.15, 0.2) is 24.3 Å². The number of rotatable bonds is 6. The third kappa shape index (κ3) is 3.76. The van der Waals surface area contributed by atoms with Crippen LogP contribution in [0.5, 0.6) is 5.75 Å². The van der Waals surface area contributed by atoms with Crippen LogP contribution in [0.4, 0.5) is 0 Å². The van der Waals surface area contributed by atoms with Crippen molar-refractivity contribution in [3.8, 4) is 5.75 Å². The van der Waals surface area contributed by atoms with Crippen molar-refractivity contribution in [1.29, 1.82) is 0 Å². The van der Waals surface area contributed by atoms with E-state index in [0.29, 0.717) is 12.4 Å². The van der Waals surface area contributed by atoms with E-state index in [2.05, 4.69) is 0 Å². The Kier molecular flexibility index (Phi) is 5.61. The van der Waals surface area contributed by atoms with Gasteiger partial charge in [-0.2, -0.15) is 0 Å². The number of esters is 1. The second-order valence-electron chi connectivity index (χ2n) is 6.98. The van der Waals surface area contributed by atoms with Gasteiger partial charge in [-0.15, -0.1) is 0 Å². The van der Waals surface area contributed by atoms with Gasteiger partial charge in [-0.25, -0.2) is 0 Å². The average molecular weight is 334 g/mol. The van der Waals surface area contributed by atoms with Crippen molar-refractivity contribution in [2.24, 2.45) is 0 Å². The number of ether oxygens (including phenoxy) is 2. The third-order valence-electron chi connectivity index (χ3n) is 4.83. The summed E-state index contributed by atoms with van der Waals surface area (Å²) >= 11 is 0. The van der Waals surface area contributed by atoms with E-state index >= 15 is 0 Å². The molecule has 24 heavy (non-hydrogen) atoms. The fourth-order valence-electron chi connectivity index (χ4n) is 2.78. The Morgan fingerprint density at radius 3 is 2.29 bits per heavy atom. The van der Waals surface area contributed by atoms with Crippen molar-refractivity contribution < 1.29 is 23.6 Å². The van der Waals surface area contributed by atoms with E-state index in [1.54, 1.807) is 14.0 Å². The molecule has 0 radical (unpaired) electrons. The van der Waals surface area contributed by atoms with Crippen molar-refractivity contribution in [3.05, 3.63) is 29.8 Å². The van der Waals surface area contributed by atoms with Gasteiger partial charge in [-0.3, -0.25) is 4.79 Å². The summed E-state index contributed by atoms with van der Waals surface area (Å²) in [7, 11) is 1.07. The van der Waals surface area contributed by atoms with Crippen molar-refractivity contribution in [1.82, 2.24) is 0 Å². The van der Waals surface area contributed by atoms with Crippen LogP contribution in [0.2, 0.25) is 0 Å². The van der Waals surface area contributed by atoms with Crippen molar-refractivity contribution >= 4 is 13.1 Å². The summed E-state index contributed by atoms with van der Waals surface area (Å²) in [6.45, 7) is 10.1. The Bertz CT molecular complexity index is 569. The maximum atomic E-state index is 12.1. The molecule has 1 aliphatic heterocycles. The molecule has 1 atom stereocenters. The van der Waals surface area contributed by atoms with Gasteiger partial charge in [0.15, 0.2) is 0 Å². The molecule has 1 saturated heterocycles. The largest absolute Gasteiger partial charge is 0.496 e. The highest BCUT2D eigenvalue weighted by molar-refractivity contribution is 6.48. The van der Waals surface area contributed by atoms with Crippen LogP contribution in [-0.4, -0.2) is 38.0 Å². The molecule has 0 spiro atoms. The molecule has 132 valence electrons. The molecule has 5 nitrogen and oxygen atoms in total. The van der Waals surface area contributed by atoms with Crippen LogP contribution in [-0.2, 0) is 18.8 Å². The predicted molar refractivity (Wildman–Crippen MR) is 93.1 cm³/mol. The number of carbonyl (C=O) groups excluding carboxylic acids is 1. The lowest BCUT2D eigenvalue weighted by Crippen LogP contribution is -2.41. The second kappa shape index (κ2) is 7.15. The summed E-state index contributed by atoms with van der Waals surface area (Å²) in [6.07, 6.45) is 0.172. The molecule has 0 amide bonds. The minimum atomic E-state index is -0.546. The van der Waals surface area contributed by atoms with E-state index in [4.69, 9.17) is 18.8 Å². The first kappa shape index (κ1) is 18.8. The molecular weight excluding hydrogens is 307 g/mol. The van der Waals surface area contributed by atoms with Gasteiger partial charge in [0.2, 0.25) is 0 Å². The lowest BCUT2D eigenvalue weighted by atomic mass is 9.66. The third-order valence-corrected chi connectivity index (χ3v) is 4.83. The van der Waals surface area contributed by atoms with E-state index < -0.39 is 18.3 Å². The first-order chi connectivity index (χ1) is 11.2. The highest BCUT2D eigenvalue weighted by Crippen LogP contribution is 2.43. The average Bonchev–Trinajstić information content (AvgIpc) is 2.73. The van der Waals surface area contributed by atoms with Gasteiger partial charge >= 0.3 is 13.1 Å².